The Morgan fingerprint density at radius 3 is 2.86 bits per heavy atom. The molecule has 1 amide bonds. The zero-order chi connectivity index (χ0) is 15.2. The van der Waals surface area contributed by atoms with Gasteiger partial charge in [0.15, 0.2) is 0 Å². The van der Waals surface area contributed by atoms with Crippen LogP contribution in [-0.2, 0) is 6.54 Å². The Balaban J connectivity index is 2.09. The van der Waals surface area contributed by atoms with E-state index in [0.717, 1.165) is 5.56 Å². The molecular weight excluding hydrogens is 266 g/mol. The Bertz CT molecular complexity index is 675. The summed E-state index contributed by atoms with van der Waals surface area (Å²) in [6.45, 7) is 0.410. The Morgan fingerprint density at radius 2 is 2.24 bits per heavy atom. The average molecular weight is 281 g/mol. The van der Waals surface area contributed by atoms with Crippen LogP contribution >= 0.6 is 0 Å². The van der Waals surface area contributed by atoms with Gasteiger partial charge in [0.1, 0.15) is 5.69 Å². The molecule has 2 aromatic rings. The molecule has 1 heterocycles. The number of nitrogen functional groups attached to an aromatic ring is 1. The van der Waals surface area contributed by atoms with Crippen molar-refractivity contribution in [1.82, 2.24) is 9.88 Å². The summed E-state index contributed by atoms with van der Waals surface area (Å²) >= 11 is 0. The molecule has 21 heavy (non-hydrogen) atoms. The van der Waals surface area contributed by atoms with Gasteiger partial charge in [0, 0.05) is 13.6 Å². The van der Waals surface area contributed by atoms with Crippen LogP contribution in [0.2, 0.25) is 0 Å². The number of carbonyl (C=O) groups excluding carboxylic acids is 1. The van der Waals surface area contributed by atoms with E-state index in [9.17, 15) is 4.79 Å². The van der Waals surface area contributed by atoms with Gasteiger partial charge in [-0.1, -0.05) is 12.1 Å². The number of carbonyl (C=O) groups is 1. The smallest absolute Gasteiger partial charge is 0.272 e. The molecule has 0 radical (unpaired) electrons. The summed E-state index contributed by atoms with van der Waals surface area (Å²) in [5.74, 6) is 5.06. The number of anilines is 1. The minimum atomic E-state index is -0.194. The van der Waals surface area contributed by atoms with E-state index >= 15 is 0 Å². The maximum absolute atomic E-state index is 12.2. The molecule has 0 bridgehead atoms. The molecular formula is C15H15N5O. The Labute approximate surface area is 122 Å². The van der Waals surface area contributed by atoms with Crippen LogP contribution in [0.5, 0.6) is 0 Å². The van der Waals surface area contributed by atoms with Crippen molar-refractivity contribution < 1.29 is 4.79 Å². The van der Waals surface area contributed by atoms with Crippen molar-refractivity contribution >= 4 is 11.6 Å². The summed E-state index contributed by atoms with van der Waals surface area (Å²) in [6, 6.07) is 12.5. The highest BCUT2D eigenvalue weighted by Gasteiger charge is 2.13. The van der Waals surface area contributed by atoms with Gasteiger partial charge in [0.2, 0.25) is 0 Å². The fraction of sp³-hybridized carbons (Fsp3) is 0.133. The van der Waals surface area contributed by atoms with Crippen molar-refractivity contribution in [2.45, 2.75) is 6.54 Å². The standard InChI is InChI=1S/C15H15N5O/c1-20(10-12-4-2-3-11(7-12)8-16)15(21)14-6-5-13(19-17)9-18-14/h2-7,9,19H,10,17H2,1H3. The van der Waals surface area contributed by atoms with Gasteiger partial charge in [0.05, 0.1) is 23.5 Å². The maximum Gasteiger partial charge on any atom is 0.272 e. The maximum atomic E-state index is 12.2. The van der Waals surface area contributed by atoms with Gasteiger partial charge >= 0.3 is 0 Å². The van der Waals surface area contributed by atoms with Gasteiger partial charge in [-0.05, 0) is 29.8 Å². The number of nitrogens with two attached hydrogens (primary N) is 1. The first-order chi connectivity index (χ1) is 10.1. The second-order valence-corrected chi connectivity index (χ2v) is 4.55. The number of nitrogens with zero attached hydrogens (tertiary/aromatic N) is 3. The molecule has 1 aromatic heterocycles. The molecule has 0 spiro atoms. The lowest BCUT2D eigenvalue weighted by Gasteiger charge is -2.17. The highest BCUT2D eigenvalue weighted by atomic mass is 16.2. The first-order valence-corrected chi connectivity index (χ1v) is 6.31. The third-order valence-electron chi connectivity index (χ3n) is 2.97. The highest BCUT2D eigenvalue weighted by molar-refractivity contribution is 5.92. The summed E-state index contributed by atoms with van der Waals surface area (Å²) in [5.41, 5.74) is 4.90. The number of benzene rings is 1. The van der Waals surface area contributed by atoms with Crippen LogP contribution < -0.4 is 11.3 Å². The topological polar surface area (TPSA) is 95.0 Å². The zero-order valence-corrected chi connectivity index (χ0v) is 11.6. The first-order valence-electron chi connectivity index (χ1n) is 6.31. The minimum Gasteiger partial charge on any atom is -0.336 e. The SMILES string of the molecule is CN(Cc1cccc(C#N)c1)C(=O)c1ccc(NN)cn1. The molecule has 0 atom stereocenters. The highest BCUT2D eigenvalue weighted by Crippen LogP contribution is 2.10. The van der Waals surface area contributed by atoms with Crippen LogP contribution in [0.15, 0.2) is 42.6 Å². The van der Waals surface area contributed by atoms with Crippen molar-refractivity contribution in [3.63, 3.8) is 0 Å². The van der Waals surface area contributed by atoms with Crippen LogP contribution in [0.4, 0.5) is 5.69 Å². The number of nitriles is 1. The number of pyridine rings is 1. The Morgan fingerprint density at radius 1 is 1.43 bits per heavy atom. The van der Waals surface area contributed by atoms with Crippen LogP contribution in [0.3, 0.4) is 0 Å². The fourth-order valence-corrected chi connectivity index (χ4v) is 1.89. The van der Waals surface area contributed by atoms with E-state index < -0.39 is 0 Å². The molecule has 1 aromatic carbocycles. The molecule has 0 aliphatic carbocycles. The Kier molecular flexibility index (Phi) is 4.49. The van der Waals surface area contributed by atoms with Crippen molar-refractivity contribution in [2.24, 2.45) is 5.84 Å². The molecule has 0 unspecified atom stereocenters. The predicted molar refractivity (Wildman–Crippen MR) is 79.0 cm³/mol. The Hall–Kier alpha value is -2.91. The van der Waals surface area contributed by atoms with Gasteiger partial charge < -0.3 is 10.3 Å². The minimum absolute atomic E-state index is 0.194. The second-order valence-electron chi connectivity index (χ2n) is 4.55. The summed E-state index contributed by atoms with van der Waals surface area (Å²) in [4.78, 5) is 17.9. The van der Waals surface area contributed by atoms with Gasteiger partial charge in [-0.25, -0.2) is 4.98 Å². The van der Waals surface area contributed by atoms with E-state index in [1.54, 1.807) is 42.3 Å². The van der Waals surface area contributed by atoms with Crippen LogP contribution in [-0.4, -0.2) is 22.8 Å². The number of amides is 1. The summed E-state index contributed by atoms with van der Waals surface area (Å²) in [6.07, 6.45) is 1.50. The van der Waals surface area contributed by atoms with E-state index in [4.69, 9.17) is 11.1 Å². The molecule has 3 N–H and O–H groups in total. The zero-order valence-electron chi connectivity index (χ0n) is 11.6. The van der Waals surface area contributed by atoms with Gasteiger partial charge in [-0.15, -0.1) is 0 Å². The molecule has 106 valence electrons. The van der Waals surface area contributed by atoms with Crippen molar-refractivity contribution in [3.8, 4) is 6.07 Å². The van der Waals surface area contributed by atoms with Gasteiger partial charge in [-0.2, -0.15) is 5.26 Å². The number of hydrazine groups is 1. The second kappa shape index (κ2) is 6.50. The number of aromatic nitrogens is 1. The fourth-order valence-electron chi connectivity index (χ4n) is 1.89. The summed E-state index contributed by atoms with van der Waals surface area (Å²) in [5, 5.41) is 8.88. The van der Waals surface area contributed by atoms with Gasteiger partial charge in [0.25, 0.3) is 5.91 Å². The molecule has 6 heteroatoms. The van der Waals surface area contributed by atoms with Crippen LogP contribution in [0.1, 0.15) is 21.6 Å². The van der Waals surface area contributed by atoms with Crippen LogP contribution in [0, 0.1) is 11.3 Å². The lowest BCUT2D eigenvalue weighted by Crippen LogP contribution is -2.27. The van der Waals surface area contributed by atoms with E-state index in [0.29, 0.717) is 23.5 Å². The number of hydrogen-bond donors (Lipinski definition) is 2. The number of rotatable bonds is 4. The van der Waals surface area contributed by atoms with Crippen LogP contribution in [0.25, 0.3) is 0 Å². The lowest BCUT2D eigenvalue weighted by atomic mass is 10.1. The number of hydrogen-bond acceptors (Lipinski definition) is 5. The van der Waals surface area contributed by atoms with Crippen molar-refractivity contribution in [2.75, 3.05) is 12.5 Å². The normalized spacial score (nSPS) is 9.76. The van der Waals surface area contributed by atoms with E-state index in [1.807, 2.05) is 6.07 Å². The third kappa shape index (κ3) is 3.55. The predicted octanol–water partition coefficient (Wildman–Crippen LogP) is 1.51. The number of nitrogens with one attached hydrogen (secondary N) is 1. The molecule has 0 saturated heterocycles. The first kappa shape index (κ1) is 14.5. The summed E-state index contributed by atoms with van der Waals surface area (Å²) in [7, 11) is 1.69. The quantitative estimate of drug-likeness (QED) is 0.654. The largest absolute Gasteiger partial charge is 0.336 e. The van der Waals surface area contributed by atoms with Gasteiger partial charge in [-0.3, -0.25) is 10.6 Å². The van der Waals surface area contributed by atoms with Crippen molar-refractivity contribution in [1.29, 1.82) is 5.26 Å². The molecule has 2 rings (SSSR count). The van der Waals surface area contributed by atoms with Crippen molar-refractivity contribution in [3.05, 3.63) is 59.4 Å². The van der Waals surface area contributed by atoms with E-state index in [1.165, 1.54) is 6.20 Å². The van der Waals surface area contributed by atoms with E-state index in [2.05, 4.69) is 16.5 Å². The average Bonchev–Trinajstić information content (AvgIpc) is 2.54. The monoisotopic (exact) mass is 281 g/mol. The third-order valence-corrected chi connectivity index (χ3v) is 2.97. The molecule has 0 aliphatic heterocycles. The molecule has 6 nitrogen and oxygen atoms in total. The molecule has 0 aliphatic rings. The van der Waals surface area contributed by atoms with E-state index in [-0.39, 0.29) is 5.91 Å². The lowest BCUT2D eigenvalue weighted by molar-refractivity contribution is 0.0779. The molecule has 0 saturated carbocycles. The summed E-state index contributed by atoms with van der Waals surface area (Å²) < 4.78 is 0. The molecule has 0 fully saturated rings.